The highest BCUT2D eigenvalue weighted by Gasteiger charge is 2.06. The molecule has 0 unspecified atom stereocenters. The van der Waals surface area contributed by atoms with Gasteiger partial charge in [-0.2, -0.15) is 0 Å². The number of carbonyl (C=O) groups excluding carboxylic acids is 1. The number of ether oxygens (including phenoxy) is 1. The standard InChI is InChI=1S/C12H21FO2/c1-3-15-12(14)11(2)9-7-5-4-6-8-10-13/h2-10H2,1H3. The molecule has 0 fully saturated rings. The van der Waals surface area contributed by atoms with Crippen LogP contribution in [0.15, 0.2) is 12.2 Å². The molecule has 0 aromatic heterocycles. The maximum Gasteiger partial charge on any atom is 0.333 e. The SMILES string of the molecule is C=C(CCCCCCCF)C(=O)OCC. The summed E-state index contributed by atoms with van der Waals surface area (Å²) in [6.45, 7) is 5.62. The first-order valence-electron chi connectivity index (χ1n) is 5.63. The molecule has 0 aliphatic heterocycles. The van der Waals surface area contributed by atoms with Gasteiger partial charge in [-0.05, 0) is 26.2 Å². The third kappa shape index (κ3) is 8.16. The smallest absolute Gasteiger partial charge is 0.333 e. The Kier molecular flexibility index (Phi) is 9.13. The van der Waals surface area contributed by atoms with Crippen LogP contribution < -0.4 is 0 Å². The first-order chi connectivity index (χ1) is 7.22. The van der Waals surface area contributed by atoms with Gasteiger partial charge >= 0.3 is 5.97 Å². The monoisotopic (exact) mass is 216 g/mol. The van der Waals surface area contributed by atoms with Gasteiger partial charge in [0.25, 0.3) is 0 Å². The zero-order valence-corrected chi connectivity index (χ0v) is 9.56. The molecule has 0 bridgehead atoms. The van der Waals surface area contributed by atoms with Crippen molar-refractivity contribution in [2.45, 2.75) is 45.4 Å². The predicted molar refractivity (Wildman–Crippen MR) is 59.5 cm³/mol. The highest BCUT2D eigenvalue weighted by molar-refractivity contribution is 5.87. The van der Waals surface area contributed by atoms with Gasteiger partial charge in [0.2, 0.25) is 0 Å². The van der Waals surface area contributed by atoms with E-state index in [0.717, 1.165) is 25.7 Å². The summed E-state index contributed by atoms with van der Waals surface area (Å²) in [7, 11) is 0. The molecule has 0 radical (unpaired) electrons. The minimum atomic E-state index is -0.291. The van der Waals surface area contributed by atoms with Crippen molar-refractivity contribution in [2.24, 2.45) is 0 Å². The number of hydrogen-bond donors (Lipinski definition) is 0. The van der Waals surface area contributed by atoms with Gasteiger partial charge in [0.1, 0.15) is 0 Å². The normalized spacial score (nSPS) is 10.0. The van der Waals surface area contributed by atoms with Gasteiger partial charge in [-0.15, -0.1) is 0 Å². The van der Waals surface area contributed by atoms with E-state index in [0.29, 0.717) is 25.0 Å². The van der Waals surface area contributed by atoms with Crippen LogP contribution in [0.2, 0.25) is 0 Å². The van der Waals surface area contributed by atoms with E-state index in [1.165, 1.54) is 0 Å². The van der Waals surface area contributed by atoms with Crippen molar-refractivity contribution in [3.05, 3.63) is 12.2 Å². The average molecular weight is 216 g/mol. The largest absolute Gasteiger partial charge is 0.463 e. The number of rotatable bonds is 9. The van der Waals surface area contributed by atoms with E-state index >= 15 is 0 Å². The Hall–Kier alpha value is -0.860. The lowest BCUT2D eigenvalue weighted by molar-refractivity contribution is -0.138. The van der Waals surface area contributed by atoms with Crippen LogP contribution in [0.25, 0.3) is 0 Å². The molecule has 0 aliphatic rings. The molecule has 0 aliphatic carbocycles. The molecule has 0 saturated heterocycles. The van der Waals surface area contributed by atoms with Crippen LogP contribution in [-0.4, -0.2) is 19.3 Å². The molecule has 0 amide bonds. The molecule has 0 rings (SSSR count). The Labute approximate surface area is 91.5 Å². The zero-order chi connectivity index (χ0) is 11.5. The van der Waals surface area contributed by atoms with Crippen LogP contribution in [0.1, 0.15) is 45.4 Å². The maximum atomic E-state index is 11.7. The minimum absolute atomic E-state index is 0.227. The fourth-order valence-electron chi connectivity index (χ4n) is 1.30. The van der Waals surface area contributed by atoms with Crippen LogP contribution in [0.4, 0.5) is 4.39 Å². The van der Waals surface area contributed by atoms with Crippen LogP contribution >= 0.6 is 0 Å². The summed E-state index contributed by atoms with van der Waals surface area (Å²) in [5.41, 5.74) is 0.544. The quantitative estimate of drug-likeness (QED) is 0.335. The molecule has 88 valence electrons. The predicted octanol–water partition coefficient (Wildman–Crippen LogP) is 3.42. The van der Waals surface area contributed by atoms with Crippen LogP contribution in [0.5, 0.6) is 0 Å². The van der Waals surface area contributed by atoms with Crippen molar-refractivity contribution in [3.63, 3.8) is 0 Å². The van der Waals surface area contributed by atoms with Crippen molar-refractivity contribution in [1.82, 2.24) is 0 Å². The molecule has 0 aromatic rings. The van der Waals surface area contributed by atoms with Crippen molar-refractivity contribution in [2.75, 3.05) is 13.3 Å². The van der Waals surface area contributed by atoms with E-state index in [1.807, 2.05) is 0 Å². The summed E-state index contributed by atoms with van der Waals surface area (Å²) >= 11 is 0. The van der Waals surface area contributed by atoms with Gasteiger partial charge in [0.15, 0.2) is 0 Å². The molecule has 15 heavy (non-hydrogen) atoms. The molecule has 0 saturated carbocycles. The molecule has 0 atom stereocenters. The van der Waals surface area contributed by atoms with E-state index in [4.69, 9.17) is 4.74 Å². The summed E-state index contributed by atoms with van der Waals surface area (Å²) in [5, 5.41) is 0. The molecule has 2 nitrogen and oxygen atoms in total. The highest BCUT2D eigenvalue weighted by Crippen LogP contribution is 2.10. The van der Waals surface area contributed by atoms with E-state index in [1.54, 1.807) is 6.92 Å². The van der Waals surface area contributed by atoms with Gasteiger partial charge < -0.3 is 4.74 Å². The lowest BCUT2D eigenvalue weighted by Gasteiger charge is -2.04. The van der Waals surface area contributed by atoms with Crippen molar-refractivity contribution in [3.8, 4) is 0 Å². The molecular weight excluding hydrogens is 195 g/mol. The second kappa shape index (κ2) is 9.69. The summed E-state index contributed by atoms with van der Waals surface area (Å²) in [6, 6.07) is 0. The molecule has 0 spiro atoms. The number of alkyl halides is 1. The lowest BCUT2D eigenvalue weighted by Crippen LogP contribution is -2.06. The maximum absolute atomic E-state index is 11.7. The van der Waals surface area contributed by atoms with Crippen molar-refractivity contribution >= 4 is 5.97 Å². The Morgan fingerprint density at radius 2 is 1.80 bits per heavy atom. The second-order valence-corrected chi connectivity index (χ2v) is 3.53. The van der Waals surface area contributed by atoms with Crippen LogP contribution in [0, 0.1) is 0 Å². The summed E-state index contributed by atoms with van der Waals surface area (Å²) in [4.78, 5) is 11.1. The third-order valence-corrected chi connectivity index (χ3v) is 2.18. The average Bonchev–Trinajstić information content (AvgIpc) is 2.23. The Bertz CT molecular complexity index is 190. The Morgan fingerprint density at radius 1 is 1.20 bits per heavy atom. The molecular formula is C12H21FO2. The third-order valence-electron chi connectivity index (χ3n) is 2.18. The topological polar surface area (TPSA) is 26.3 Å². The first-order valence-corrected chi connectivity index (χ1v) is 5.63. The van der Waals surface area contributed by atoms with Gasteiger partial charge in [-0.1, -0.05) is 25.8 Å². The molecule has 3 heteroatoms. The second-order valence-electron chi connectivity index (χ2n) is 3.53. The summed E-state index contributed by atoms with van der Waals surface area (Å²) in [6.07, 6.45) is 5.26. The van der Waals surface area contributed by atoms with Crippen molar-refractivity contribution in [1.29, 1.82) is 0 Å². The van der Waals surface area contributed by atoms with E-state index in [9.17, 15) is 9.18 Å². The minimum Gasteiger partial charge on any atom is -0.463 e. The molecule has 0 aromatic carbocycles. The zero-order valence-electron chi connectivity index (χ0n) is 9.56. The number of esters is 1. The van der Waals surface area contributed by atoms with E-state index in [2.05, 4.69) is 6.58 Å². The Morgan fingerprint density at radius 3 is 2.40 bits per heavy atom. The van der Waals surface area contributed by atoms with Gasteiger partial charge in [-0.3, -0.25) is 4.39 Å². The first kappa shape index (κ1) is 14.1. The number of carbonyl (C=O) groups is 1. The van der Waals surface area contributed by atoms with Gasteiger partial charge in [0, 0.05) is 5.57 Å². The van der Waals surface area contributed by atoms with Crippen LogP contribution in [0.3, 0.4) is 0 Å². The summed E-state index contributed by atoms with van der Waals surface area (Å²) < 4.78 is 16.6. The number of hydrogen-bond acceptors (Lipinski definition) is 2. The Balaban J connectivity index is 3.35. The fourth-order valence-corrected chi connectivity index (χ4v) is 1.30. The summed E-state index contributed by atoms with van der Waals surface area (Å²) in [5.74, 6) is -0.291. The lowest BCUT2D eigenvalue weighted by atomic mass is 10.1. The van der Waals surface area contributed by atoms with E-state index in [-0.39, 0.29) is 12.6 Å². The molecule has 0 heterocycles. The van der Waals surface area contributed by atoms with Gasteiger partial charge in [0.05, 0.1) is 13.3 Å². The van der Waals surface area contributed by atoms with Gasteiger partial charge in [-0.25, -0.2) is 4.79 Å². The van der Waals surface area contributed by atoms with Crippen LogP contribution in [-0.2, 0) is 9.53 Å². The van der Waals surface area contributed by atoms with Crippen molar-refractivity contribution < 1.29 is 13.9 Å². The number of unbranched alkanes of at least 4 members (excludes halogenated alkanes) is 4. The number of halogens is 1. The van der Waals surface area contributed by atoms with E-state index < -0.39 is 0 Å². The highest BCUT2D eigenvalue weighted by atomic mass is 19.1. The fraction of sp³-hybridized carbons (Fsp3) is 0.750. The molecule has 0 N–H and O–H groups in total.